The smallest absolute Gasteiger partial charge is 0.170 e. The highest BCUT2D eigenvalue weighted by Gasteiger charge is 2.12. The predicted molar refractivity (Wildman–Crippen MR) is 71.3 cm³/mol. The molecule has 92 valence electrons. The zero-order valence-corrected chi connectivity index (χ0v) is 11.2. The van der Waals surface area contributed by atoms with E-state index in [-0.39, 0.29) is 12.2 Å². The highest BCUT2D eigenvalue weighted by molar-refractivity contribution is 6.36. The maximum absolute atomic E-state index is 12.1. The van der Waals surface area contributed by atoms with E-state index in [1.54, 1.807) is 30.6 Å². The maximum Gasteiger partial charge on any atom is 0.170 e. The molecule has 0 fully saturated rings. The summed E-state index contributed by atoms with van der Waals surface area (Å²) >= 11 is 11.8. The number of hydrogen-bond acceptors (Lipinski definition) is 3. The average Bonchev–Trinajstić information content (AvgIpc) is 2.28. The molecule has 0 unspecified atom stereocenters. The van der Waals surface area contributed by atoms with Gasteiger partial charge in [0.1, 0.15) is 0 Å². The molecule has 0 saturated carbocycles. The highest BCUT2D eigenvalue weighted by Crippen LogP contribution is 2.22. The highest BCUT2D eigenvalue weighted by atomic mass is 35.5. The second kappa shape index (κ2) is 5.46. The number of ketones is 1. The standard InChI is InChI=1S/C13H10Cl2N2O/c1-8-6-16-7-10(17-8)5-13(18)11-3-2-9(14)4-12(11)15/h2-4,6-7H,5H2,1H3. The van der Waals surface area contributed by atoms with E-state index >= 15 is 0 Å². The Bertz CT molecular complexity index is 599. The van der Waals surface area contributed by atoms with E-state index in [1.165, 1.54) is 0 Å². The summed E-state index contributed by atoms with van der Waals surface area (Å²) in [5.41, 5.74) is 1.86. The molecule has 18 heavy (non-hydrogen) atoms. The first kappa shape index (κ1) is 13.0. The summed E-state index contributed by atoms with van der Waals surface area (Å²) in [6.07, 6.45) is 3.40. The van der Waals surface area contributed by atoms with Gasteiger partial charge in [0.05, 0.1) is 22.8 Å². The Labute approximate surface area is 115 Å². The first-order valence-electron chi connectivity index (χ1n) is 5.32. The molecule has 0 aliphatic carbocycles. The lowest BCUT2D eigenvalue weighted by Gasteiger charge is -2.04. The first-order chi connectivity index (χ1) is 8.56. The van der Waals surface area contributed by atoms with E-state index < -0.39 is 0 Å². The molecule has 0 saturated heterocycles. The molecule has 0 aliphatic heterocycles. The Morgan fingerprint density at radius 2 is 2.06 bits per heavy atom. The van der Waals surface area contributed by atoms with Gasteiger partial charge in [-0.15, -0.1) is 0 Å². The molecule has 0 N–H and O–H groups in total. The molecular weight excluding hydrogens is 271 g/mol. The molecule has 1 heterocycles. The van der Waals surface area contributed by atoms with Crippen molar-refractivity contribution in [3.63, 3.8) is 0 Å². The number of carbonyl (C=O) groups is 1. The van der Waals surface area contributed by atoms with Crippen LogP contribution in [0.5, 0.6) is 0 Å². The molecule has 2 rings (SSSR count). The van der Waals surface area contributed by atoms with Crippen LogP contribution in [0.25, 0.3) is 0 Å². The van der Waals surface area contributed by atoms with Crippen molar-refractivity contribution < 1.29 is 4.79 Å². The minimum absolute atomic E-state index is 0.100. The number of benzene rings is 1. The van der Waals surface area contributed by atoms with E-state index in [0.29, 0.717) is 21.3 Å². The molecule has 0 atom stereocenters. The number of halogens is 2. The van der Waals surface area contributed by atoms with E-state index in [4.69, 9.17) is 23.2 Å². The van der Waals surface area contributed by atoms with Crippen LogP contribution in [0.4, 0.5) is 0 Å². The molecule has 0 spiro atoms. The monoisotopic (exact) mass is 280 g/mol. The van der Waals surface area contributed by atoms with Crippen molar-refractivity contribution in [2.45, 2.75) is 13.3 Å². The van der Waals surface area contributed by atoms with Gasteiger partial charge in [0.2, 0.25) is 0 Å². The lowest BCUT2D eigenvalue weighted by Crippen LogP contribution is -2.06. The van der Waals surface area contributed by atoms with Crippen LogP contribution in [-0.4, -0.2) is 15.8 Å². The largest absolute Gasteiger partial charge is 0.294 e. The summed E-state index contributed by atoms with van der Waals surface area (Å²) in [7, 11) is 0. The Kier molecular flexibility index (Phi) is 3.94. The number of rotatable bonds is 3. The van der Waals surface area contributed by atoms with Gasteiger partial charge in [-0.25, -0.2) is 0 Å². The predicted octanol–water partition coefficient (Wildman–Crippen LogP) is 3.52. The third-order valence-corrected chi connectivity index (χ3v) is 2.93. The van der Waals surface area contributed by atoms with E-state index in [2.05, 4.69) is 9.97 Å². The zero-order valence-electron chi connectivity index (χ0n) is 9.65. The Balaban J connectivity index is 2.22. The minimum atomic E-state index is -0.100. The molecule has 0 amide bonds. The Morgan fingerprint density at radius 1 is 1.28 bits per heavy atom. The SMILES string of the molecule is Cc1cncc(CC(=O)c2ccc(Cl)cc2Cl)n1. The van der Waals surface area contributed by atoms with Crippen LogP contribution >= 0.6 is 23.2 Å². The van der Waals surface area contributed by atoms with Gasteiger partial charge in [-0.05, 0) is 25.1 Å². The fourth-order valence-electron chi connectivity index (χ4n) is 1.58. The van der Waals surface area contributed by atoms with Gasteiger partial charge in [0.25, 0.3) is 0 Å². The fraction of sp³-hybridized carbons (Fsp3) is 0.154. The van der Waals surface area contributed by atoms with E-state index in [1.807, 2.05) is 6.92 Å². The lowest BCUT2D eigenvalue weighted by molar-refractivity contribution is 0.0992. The fourth-order valence-corrected chi connectivity index (χ4v) is 2.09. The van der Waals surface area contributed by atoms with Gasteiger partial charge in [-0.3, -0.25) is 14.8 Å². The second-order valence-electron chi connectivity index (χ2n) is 3.88. The van der Waals surface area contributed by atoms with Gasteiger partial charge >= 0.3 is 0 Å². The van der Waals surface area contributed by atoms with Crippen LogP contribution in [-0.2, 0) is 6.42 Å². The lowest BCUT2D eigenvalue weighted by atomic mass is 10.1. The van der Waals surface area contributed by atoms with E-state index in [9.17, 15) is 4.79 Å². The number of carbonyl (C=O) groups excluding carboxylic acids is 1. The average molecular weight is 281 g/mol. The van der Waals surface area contributed by atoms with Crippen molar-refractivity contribution in [2.24, 2.45) is 0 Å². The number of aryl methyl sites for hydroxylation is 1. The molecule has 0 aliphatic rings. The van der Waals surface area contributed by atoms with Crippen LogP contribution < -0.4 is 0 Å². The summed E-state index contributed by atoms with van der Waals surface area (Å²) in [4.78, 5) is 20.3. The van der Waals surface area contributed by atoms with Crippen molar-refractivity contribution in [3.8, 4) is 0 Å². The van der Waals surface area contributed by atoms with Gasteiger partial charge in [0.15, 0.2) is 5.78 Å². The van der Waals surface area contributed by atoms with Crippen LogP contribution in [0.15, 0.2) is 30.6 Å². The third-order valence-electron chi connectivity index (χ3n) is 2.38. The number of Topliss-reactive ketones (excluding diaryl/α,β-unsaturated/α-hetero) is 1. The number of nitrogens with zero attached hydrogens (tertiary/aromatic N) is 2. The molecule has 1 aromatic heterocycles. The van der Waals surface area contributed by atoms with Crippen molar-refractivity contribution in [2.75, 3.05) is 0 Å². The normalized spacial score (nSPS) is 10.4. The number of hydrogen-bond donors (Lipinski definition) is 0. The van der Waals surface area contributed by atoms with Crippen molar-refractivity contribution in [1.29, 1.82) is 0 Å². The quantitative estimate of drug-likeness (QED) is 0.808. The Morgan fingerprint density at radius 3 is 2.72 bits per heavy atom. The van der Waals surface area contributed by atoms with E-state index in [0.717, 1.165) is 5.69 Å². The molecule has 3 nitrogen and oxygen atoms in total. The molecule has 1 aromatic carbocycles. The van der Waals surface area contributed by atoms with Crippen LogP contribution in [0.2, 0.25) is 10.0 Å². The summed E-state index contributed by atoms with van der Waals surface area (Å²) in [6.45, 7) is 1.83. The first-order valence-corrected chi connectivity index (χ1v) is 6.07. The molecule has 0 radical (unpaired) electrons. The summed E-state index contributed by atoms with van der Waals surface area (Å²) < 4.78 is 0. The summed E-state index contributed by atoms with van der Waals surface area (Å²) in [6, 6.07) is 4.82. The number of aromatic nitrogens is 2. The van der Waals surface area contributed by atoms with Crippen LogP contribution in [0.1, 0.15) is 21.7 Å². The second-order valence-corrected chi connectivity index (χ2v) is 4.72. The Hall–Kier alpha value is -1.45. The van der Waals surface area contributed by atoms with Crippen molar-refractivity contribution in [3.05, 3.63) is 57.6 Å². The summed E-state index contributed by atoms with van der Waals surface area (Å²) in [5, 5.41) is 0.861. The molecule has 2 aromatic rings. The van der Waals surface area contributed by atoms with Crippen LogP contribution in [0, 0.1) is 6.92 Å². The van der Waals surface area contributed by atoms with Gasteiger partial charge in [0, 0.05) is 23.0 Å². The zero-order chi connectivity index (χ0) is 13.1. The third kappa shape index (κ3) is 3.06. The van der Waals surface area contributed by atoms with Crippen molar-refractivity contribution >= 4 is 29.0 Å². The summed E-state index contributed by atoms with van der Waals surface area (Å²) in [5.74, 6) is -0.100. The molecule has 0 bridgehead atoms. The van der Waals surface area contributed by atoms with Gasteiger partial charge in [-0.1, -0.05) is 23.2 Å². The topological polar surface area (TPSA) is 42.9 Å². The minimum Gasteiger partial charge on any atom is -0.294 e. The van der Waals surface area contributed by atoms with Gasteiger partial charge in [-0.2, -0.15) is 0 Å². The van der Waals surface area contributed by atoms with Crippen LogP contribution in [0.3, 0.4) is 0 Å². The molecular formula is C13H10Cl2N2O. The molecule has 5 heteroatoms. The van der Waals surface area contributed by atoms with Gasteiger partial charge < -0.3 is 0 Å². The van der Waals surface area contributed by atoms with Crippen molar-refractivity contribution in [1.82, 2.24) is 9.97 Å². The maximum atomic E-state index is 12.1.